The SMILES string of the molecule is COc1ccc(N2C(=O)CSC2c2cccc(NC(=O)c3ccc(C(F)(F)F)cc3)c2)cc1. The predicted octanol–water partition coefficient (Wildman–Crippen LogP) is 5.74. The van der Waals surface area contributed by atoms with Crippen molar-refractivity contribution in [3.05, 3.63) is 89.5 Å². The first-order chi connectivity index (χ1) is 15.8. The normalized spacial score (nSPS) is 16.1. The minimum Gasteiger partial charge on any atom is -0.497 e. The lowest BCUT2D eigenvalue weighted by molar-refractivity contribution is -0.137. The summed E-state index contributed by atoms with van der Waals surface area (Å²) >= 11 is 1.47. The molecule has 0 aliphatic carbocycles. The zero-order valence-electron chi connectivity index (χ0n) is 17.4. The van der Waals surface area contributed by atoms with E-state index >= 15 is 0 Å². The third-order valence-electron chi connectivity index (χ3n) is 5.12. The van der Waals surface area contributed by atoms with E-state index in [1.165, 1.54) is 11.8 Å². The Bertz CT molecular complexity index is 1160. The summed E-state index contributed by atoms with van der Waals surface area (Å²) in [5.74, 6) is 0.443. The van der Waals surface area contributed by atoms with Gasteiger partial charge in [0.1, 0.15) is 11.1 Å². The van der Waals surface area contributed by atoms with E-state index in [1.54, 1.807) is 42.3 Å². The number of rotatable bonds is 5. The zero-order chi connectivity index (χ0) is 23.6. The molecule has 0 spiro atoms. The van der Waals surface area contributed by atoms with Gasteiger partial charge in [-0.05, 0) is 66.2 Å². The average molecular weight is 472 g/mol. The van der Waals surface area contributed by atoms with Crippen LogP contribution in [0.1, 0.15) is 26.9 Å². The van der Waals surface area contributed by atoms with E-state index in [0.717, 1.165) is 35.5 Å². The molecule has 2 amide bonds. The Morgan fingerprint density at radius 3 is 2.39 bits per heavy atom. The van der Waals surface area contributed by atoms with Crippen molar-refractivity contribution in [2.45, 2.75) is 11.6 Å². The Hall–Kier alpha value is -3.46. The molecule has 1 heterocycles. The standard InChI is InChI=1S/C24H19F3N2O3S/c1-32-20-11-9-19(10-12-20)29-21(30)14-33-23(29)16-3-2-4-18(13-16)28-22(31)15-5-7-17(8-6-15)24(25,26)27/h2-13,23H,14H2,1H3,(H,28,31). The van der Waals surface area contributed by atoms with Crippen molar-refractivity contribution in [2.75, 3.05) is 23.1 Å². The van der Waals surface area contributed by atoms with Gasteiger partial charge in [-0.25, -0.2) is 0 Å². The number of hydrogen-bond donors (Lipinski definition) is 1. The maximum atomic E-state index is 12.7. The second kappa shape index (κ2) is 9.19. The van der Waals surface area contributed by atoms with Gasteiger partial charge in [0.15, 0.2) is 0 Å². The van der Waals surface area contributed by atoms with Crippen molar-refractivity contribution >= 4 is 35.0 Å². The van der Waals surface area contributed by atoms with Crippen molar-refractivity contribution in [3.63, 3.8) is 0 Å². The molecule has 0 bridgehead atoms. The minimum absolute atomic E-state index is 0.0330. The summed E-state index contributed by atoms with van der Waals surface area (Å²) < 4.78 is 43.4. The number of halogens is 3. The summed E-state index contributed by atoms with van der Waals surface area (Å²) in [6.45, 7) is 0. The van der Waals surface area contributed by atoms with Gasteiger partial charge in [-0.3, -0.25) is 14.5 Å². The molecular weight excluding hydrogens is 453 g/mol. The molecule has 1 fully saturated rings. The number of nitrogens with one attached hydrogen (secondary N) is 1. The van der Waals surface area contributed by atoms with Crippen LogP contribution in [0.15, 0.2) is 72.8 Å². The fourth-order valence-electron chi connectivity index (χ4n) is 3.48. The lowest BCUT2D eigenvalue weighted by Crippen LogP contribution is -2.27. The largest absolute Gasteiger partial charge is 0.497 e. The van der Waals surface area contributed by atoms with E-state index in [9.17, 15) is 22.8 Å². The van der Waals surface area contributed by atoms with Crippen LogP contribution in [0.3, 0.4) is 0 Å². The van der Waals surface area contributed by atoms with E-state index in [4.69, 9.17) is 4.74 Å². The maximum absolute atomic E-state index is 12.7. The van der Waals surface area contributed by atoms with E-state index in [0.29, 0.717) is 17.2 Å². The average Bonchev–Trinajstić information content (AvgIpc) is 3.20. The highest BCUT2D eigenvalue weighted by Gasteiger charge is 2.34. The summed E-state index contributed by atoms with van der Waals surface area (Å²) in [4.78, 5) is 26.8. The molecule has 0 aromatic heterocycles. The zero-order valence-corrected chi connectivity index (χ0v) is 18.2. The molecule has 1 saturated heterocycles. The lowest BCUT2D eigenvalue weighted by Gasteiger charge is -2.25. The number of carbonyl (C=O) groups is 2. The number of thioether (sulfide) groups is 1. The maximum Gasteiger partial charge on any atom is 0.416 e. The number of alkyl halides is 3. The Morgan fingerprint density at radius 1 is 1.06 bits per heavy atom. The van der Waals surface area contributed by atoms with Gasteiger partial charge >= 0.3 is 6.18 Å². The summed E-state index contributed by atoms with van der Waals surface area (Å²) in [7, 11) is 1.57. The van der Waals surface area contributed by atoms with Crippen LogP contribution in [0.2, 0.25) is 0 Å². The second-order valence-electron chi connectivity index (χ2n) is 7.28. The van der Waals surface area contributed by atoms with Crippen LogP contribution < -0.4 is 15.0 Å². The first kappa shape index (κ1) is 22.7. The molecule has 170 valence electrons. The highest BCUT2D eigenvalue weighted by atomic mass is 32.2. The van der Waals surface area contributed by atoms with Crippen molar-refractivity contribution in [2.24, 2.45) is 0 Å². The van der Waals surface area contributed by atoms with Crippen LogP contribution in [0.4, 0.5) is 24.5 Å². The van der Waals surface area contributed by atoms with Crippen LogP contribution in [0.25, 0.3) is 0 Å². The monoisotopic (exact) mass is 472 g/mol. The van der Waals surface area contributed by atoms with Crippen LogP contribution in [0.5, 0.6) is 5.75 Å². The Labute approximate surface area is 192 Å². The highest BCUT2D eigenvalue weighted by molar-refractivity contribution is 8.00. The van der Waals surface area contributed by atoms with E-state index < -0.39 is 17.6 Å². The molecule has 3 aromatic rings. The molecule has 4 rings (SSSR count). The number of amides is 2. The summed E-state index contributed by atoms with van der Waals surface area (Å²) in [5.41, 5.74) is 1.31. The van der Waals surface area contributed by atoms with Crippen LogP contribution in [-0.4, -0.2) is 24.7 Å². The number of nitrogens with zero attached hydrogens (tertiary/aromatic N) is 1. The molecule has 0 radical (unpaired) electrons. The molecule has 1 N–H and O–H groups in total. The molecule has 1 aliphatic heterocycles. The van der Waals surface area contributed by atoms with Gasteiger partial charge in [-0.2, -0.15) is 13.2 Å². The minimum atomic E-state index is -4.46. The first-order valence-electron chi connectivity index (χ1n) is 9.92. The summed E-state index contributed by atoms with van der Waals surface area (Å²) in [6, 6.07) is 18.3. The number of benzene rings is 3. The first-order valence-corrected chi connectivity index (χ1v) is 11.0. The van der Waals surface area contributed by atoms with Gasteiger partial charge in [0.05, 0.1) is 18.4 Å². The van der Waals surface area contributed by atoms with Gasteiger partial charge in [0.2, 0.25) is 5.91 Å². The molecule has 5 nitrogen and oxygen atoms in total. The fraction of sp³-hybridized carbons (Fsp3) is 0.167. The van der Waals surface area contributed by atoms with Gasteiger partial charge in [0, 0.05) is 16.9 Å². The molecule has 1 atom stereocenters. The van der Waals surface area contributed by atoms with Crippen molar-refractivity contribution < 1.29 is 27.5 Å². The van der Waals surface area contributed by atoms with Crippen molar-refractivity contribution in [3.8, 4) is 5.75 Å². The molecule has 9 heteroatoms. The summed E-state index contributed by atoms with van der Waals surface area (Å²) in [5, 5.41) is 2.43. The number of ether oxygens (including phenoxy) is 1. The van der Waals surface area contributed by atoms with Crippen LogP contribution in [0, 0.1) is 0 Å². The molecule has 0 saturated carbocycles. The van der Waals surface area contributed by atoms with Gasteiger partial charge in [-0.1, -0.05) is 12.1 Å². The predicted molar refractivity (Wildman–Crippen MR) is 122 cm³/mol. The molecule has 33 heavy (non-hydrogen) atoms. The highest BCUT2D eigenvalue weighted by Crippen LogP contribution is 2.42. The molecule has 1 unspecified atom stereocenters. The van der Waals surface area contributed by atoms with E-state index in [1.807, 2.05) is 18.2 Å². The molecular formula is C24H19F3N2O3S. The molecule has 1 aliphatic rings. The quantitative estimate of drug-likeness (QED) is 0.514. The lowest BCUT2D eigenvalue weighted by atomic mass is 10.1. The molecule has 3 aromatic carbocycles. The van der Waals surface area contributed by atoms with E-state index in [2.05, 4.69) is 5.32 Å². The topological polar surface area (TPSA) is 58.6 Å². The number of anilines is 2. The smallest absolute Gasteiger partial charge is 0.416 e. The Kier molecular flexibility index (Phi) is 6.33. The number of carbonyl (C=O) groups excluding carboxylic acids is 2. The van der Waals surface area contributed by atoms with Crippen molar-refractivity contribution in [1.29, 1.82) is 0 Å². The van der Waals surface area contributed by atoms with Crippen molar-refractivity contribution in [1.82, 2.24) is 0 Å². The number of methoxy groups -OCH3 is 1. The van der Waals surface area contributed by atoms with Crippen LogP contribution in [-0.2, 0) is 11.0 Å². The third-order valence-corrected chi connectivity index (χ3v) is 6.33. The summed E-state index contributed by atoms with van der Waals surface area (Å²) in [6.07, 6.45) is -4.46. The fourth-order valence-corrected chi connectivity index (χ4v) is 4.64. The van der Waals surface area contributed by atoms with E-state index in [-0.39, 0.29) is 16.8 Å². The Morgan fingerprint density at radius 2 is 1.76 bits per heavy atom. The van der Waals surface area contributed by atoms with Gasteiger partial charge < -0.3 is 10.1 Å². The van der Waals surface area contributed by atoms with Gasteiger partial charge in [0.25, 0.3) is 5.91 Å². The second-order valence-corrected chi connectivity index (χ2v) is 8.35. The van der Waals surface area contributed by atoms with Crippen LogP contribution >= 0.6 is 11.8 Å². The van der Waals surface area contributed by atoms with Gasteiger partial charge in [-0.15, -0.1) is 11.8 Å². The Balaban J connectivity index is 1.53. The third kappa shape index (κ3) is 4.98. The number of hydrogen-bond acceptors (Lipinski definition) is 4.